The van der Waals surface area contributed by atoms with Crippen LogP contribution in [0.2, 0.25) is 0 Å². The van der Waals surface area contributed by atoms with Crippen molar-refractivity contribution in [1.29, 1.82) is 0 Å². The number of halogens is 1. The average Bonchev–Trinajstić information content (AvgIpc) is 2.71. The molecule has 1 aliphatic rings. The number of amides is 2. The first kappa shape index (κ1) is 15.6. The summed E-state index contributed by atoms with van der Waals surface area (Å²) in [6.45, 7) is 1.37. The highest BCUT2D eigenvalue weighted by atomic mass is 79.9. The van der Waals surface area contributed by atoms with Crippen LogP contribution in [0.1, 0.15) is 16.8 Å². The van der Waals surface area contributed by atoms with Crippen molar-refractivity contribution >= 4 is 27.7 Å². The fourth-order valence-electron chi connectivity index (χ4n) is 2.15. The molecule has 0 aromatic heterocycles. The molecular formula is C14H17BrN2O4. The molecule has 7 heteroatoms. The lowest BCUT2D eigenvalue weighted by molar-refractivity contribution is -0.120. The summed E-state index contributed by atoms with van der Waals surface area (Å²) in [7, 11) is 3.06. The first-order chi connectivity index (χ1) is 10.1. The number of ether oxygens (including phenoxy) is 2. The number of hydrogen-bond donors (Lipinski definition) is 1. The zero-order valence-electron chi connectivity index (χ0n) is 11.9. The van der Waals surface area contributed by atoms with Crippen LogP contribution < -0.4 is 14.8 Å². The van der Waals surface area contributed by atoms with E-state index in [1.165, 1.54) is 14.2 Å². The molecule has 114 valence electrons. The minimum Gasteiger partial charge on any atom is -0.495 e. The van der Waals surface area contributed by atoms with Gasteiger partial charge in [-0.05, 0) is 28.1 Å². The van der Waals surface area contributed by atoms with Crippen LogP contribution in [0.25, 0.3) is 0 Å². The van der Waals surface area contributed by atoms with Crippen molar-refractivity contribution in [3.05, 3.63) is 22.2 Å². The molecule has 1 saturated heterocycles. The molecule has 1 N–H and O–H groups in total. The van der Waals surface area contributed by atoms with E-state index in [9.17, 15) is 9.59 Å². The predicted molar refractivity (Wildman–Crippen MR) is 80.8 cm³/mol. The van der Waals surface area contributed by atoms with Gasteiger partial charge >= 0.3 is 0 Å². The van der Waals surface area contributed by atoms with E-state index in [1.54, 1.807) is 17.0 Å². The van der Waals surface area contributed by atoms with E-state index >= 15 is 0 Å². The Bertz CT molecular complexity index is 537. The lowest BCUT2D eigenvalue weighted by Crippen LogP contribution is -2.34. The van der Waals surface area contributed by atoms with Crippen molar-refractivity contribution in [2.75, 3.05) is 33.9 Å². The standard InChI is InChI=1S/C14H17BrN2O4/c1-20-10-7-9(8-11(21-2)13(10)15)14(19)17-5-3-12(18)16-4-6-17/h7-8H,3-6H2,1-2H3,(H,16,18). The highest BCUT2D eigenvalue weighted by Gasteiger charge is 2.22. The summed E-state index contributed by atoms with van der Waals surface area (Å²) in [6, 6.07) is 3.32. The van der Waals surface area contributed by atoms with Gasteiger partial charge < -0.3 is 19.7 Å². The molecular weight excluding hydrogens is 340 g/mol. The van der Waals surface area contributed by atoms with Crippen molar-refractivity contribution in [3.8, 4) is 11.5 Å². The normalized spacial score (nSPS) is 15.2. The van der Waals surface area contributed by atoms with E-state index in [2.05, 4.69) is 21.2 Å². The Morgan fingerprint density at radius 1 is 1.24 bits per heavy atom. The van der Waals surface area contributed by atoms with E-state index in [-0.39, 0.29) is 11.8 Å². The molecule has 2 amide bonds. The van der Waals surface area contributed by atoms with E-state index in [0.29, 0.717) is 47.6 Å². The van der Waals surface area contributed by atoms with Gasteiger partial charge in [-0.2, -0.15) is 0 Å². The number of carbonyl (C=O) groups excluding carboxylic acids is 2. The Labute approximate surface area is 131 Å². The Morgan fingerprint density at radius 3 is 2.43 bits per heavy atom. The molecule has 1 aromatic rings. The maximum absolute atomic E-state index is 12.6. The van der Waals surface area contributed by atoms with Gasteiger partial charge in [0.1, 0.15) is 16.0 Å². The molecule has 0 saturated carbocycles. The van der Waals surface area contributed by atoms with E-state index < -0.39 is 0 Å². The summed E-state index contributed by atoms with van der Waals surface area (Å²) in [5.41, 5.74) is 0.473. The molecule has 2 rings (SSSR count). The molecule has 6 nitrogen and oxygen atoms in total. The third-order valence-electron chi connectivity index (χ3n) is 3.29. The van der Waals surface area contributed by atoms with Crippen molar-refractivity contribution < 1.29 is 19.1 Å². The van der Waals surface area contributed by atoms with E-state index in [4.69, 9.17) is 9.47 Å². The highest BCUT2D eigenvalue weighted by molar-refractivity contribution is 9.10. The molecule has 0 aliphatic carbocycles. The minimum absolute atomic E-state index is 0.0312. The van der Waals surface area contributed by atoms with Crippen molar-refractivity contribution in [2.45, 2.75) is 6.42 Å². The molecule has 1 fully saturated rings. The van der Waals surface area contributed by atoms with Crippen LogP contribution in [0.4, 0.5) is 0 Å². The number of hydrogen-bond acceptors (Lipinski definition) is 4. The number of carbonyl (C=O) groups is 2. The highest BCUT2D eigenvalue weighted by Crippen LogP contribution is 2.35. The minimum atomic E-state index is -0.143. The molecule has 21 heavy (non-hydrogen) atoms. The molecule has 1 heterocycles. The fraction of sp³-hybridized carbons (Fsp3) is 0.429. The maximum Gasteiger partial charge on any atom is 0.254 e. The molecule has 0 radical (unpaired) electrons. The second kappa shape index (κ2) is 6.80. The van der Waals surface area contributed by atoms with Gasteiger partial charge in [0.05, 0.1) is 14.2 Å². The second-order valence-corrected chi connectivity index (χ2v) is 5.38. The smallest absolute Gasteiger partial charge is 0.254 e. The lowest BCUT2D eigenvalue weighted by Gasteiger charge is -2.20. The number of nitrogens with one attached hydrogen (secondary N) is 1. The quantitative estimate of drug-likeness (QED) is 0.889. The van der Waals surface area contributed by atoms with Crippen LogP contribution in [0.3, 0.4) is 0 Å². The SMILES string of the molecule is COc1cc(C(=O)N2CCNC(=O)CC2)cc(OC)c1Br. The topological polar surface area (TPSA) is 67.9 Å². The van der Waals surface area contributed by atoms with Crippen LogP contribution in [0.15, 0.2) is 16.6 Å². The molecule has 0 bridgehead atoms. The van der Waals surface area contributed by atoms with Gasteiger partial charge in [0.25, 0.3) is 5.91 Å². The van der Waals surface area contributed by atoms with Crippen LogP contribution in [-0.2, 0) is 4.79 Å². The third kappa shape index (κ3) is 3.47. The number of nitrogens with zero attached hydrogens (tertiary/aromatic N) is 1. The van der Waals surface area contributed by atoms with Gasteiger partial charge in [-0.3, -0.25) is 9.59 Å². The maximum atomic E-state index is 12.6. The molecule has 0 spiro atoms. The number of rotatable bonds is 3. The predicted octanol–water partition coefficient (Wildman–Crippen LogP) is 1.43. The summed E-state index contributed by atoms with van der Waals surface area (Å²) >= 11 is 3.37. The molecule has 0 atom stereocenters. The molecule has 0 unspecified atom stereocenters. The first-order valence-corrected chi connectivity index (χ1v) is 7.33. The van der Waals surface area contributed by atoms with Crippen molar-refractivity contribution in [3.63, 3.8) is 0 Å². The third-order valence-corrected chi connectivity index (χ3v) is 4.07. The van der Waals surface area contributed by atoms with Crippen molar-refractivity contribution in [2.24, 2.45) is 0 Å². The monoisotopic (exact) mass is 356 g/mol. The van der Waals surface area contributed by atoms with Gasteiger partial charge in [0, 0.05) is 31.6 Å². The van der Waals surface area contributed by atoms with Crippen LogP contribution in [-0.4, -0.2) is 50.6 Å². The Balaban J connectivity index is 2.28. The van der Waals surface area contributed by atoms with E-state index in [1.807, 2.05) is 0 Å². The van der Waals surface area contributed by atoms with Crippen molar-refractivity contribution in [1.82, 2.24) is 10.2 Å². The van der Waals surface area contributed by atoms with Crippen LogP contribution in [0.5, 0.6) is 11.5 Å². The fourth-order valence-corrected chi connectivity index (χ4v) is 2.70. The van der Waals surface area contributed by atoms with Gasteiger partial charge in [0.2, 0.25) is 5.91 Å². The summed E-state index contributed by atoms with van der Waals surface area (Å²) in [6.07, 6.45) is 0.316. The summed E-state index contributed by atoms with van der Waals surface area (Å²) in [4.78, 5) is 25.6. The average molecular weight is 357 g/mol. The molecule has 1 aromatic carbocycles. The van der Waals surface area contributed by atoms with Crippen LogP contribution >= 0.6 is 15.9 Å². The largest absolute Gasteiger partial charge is 0.495 e. The first-order valence-electron chi connectivity index (χ1n) is 6.54. The number of methoxy groups -OCH3 is 2. The Morgan fingerprint density at radius 2 is 1.86 bits per heavy atom. The van der Waals surface area contributed by atoms with Gasteiger partial charge in [-0.25, -0.2) is 0 Å². The van der Waals surface area contributed by atoms with Gasteiger partial charge in [0.15, 0.2) is 0 Å². The summed E-state index contributed by atoms with van der Waals surface area (Å²) in [5, 5.41) is 2.75. The lowest BCUT2D eigenvalue weighted by atomic mass is 10.1. The summed E-state index contributed by atoms with van der Waals surface area (Å²) in [5.74, 6) is 0.885. The van der Waals surface area contributed by atoms with Gasteiger partial charge in [-0.15, -0.1) is 0 Å². The number of benzene rings is 1. The second-order valence-electron chi connectivity index (χ2n) is 4.59. The Kier molecular flexibility index (Phi) is 5.06. The zero-order chi connectivity index (χ0) is 15.4. The zero-order valence-corrected chi connectivity index (χ0v) is 13.5. The molecule has 1 aliphatic heterocycles. The van der Waals surface area contributed by atoms with Gasteiger partial charge in [-0.1, -0.05) is 0 Å². The Hall–Kier alpha value is -1.76. The van der Waals surface area contributed by atoms with E-state index in [0.717, 1.165) is 0 Å². The summed E-state index contributed by atoms with van der Waals surface area (Å²) < 4.78 is 11.2. The van der Waals surface area contributed by atoms with Crippen LogP contribution in [0, 0.1) is 0 Å².